The van der Waals surface area contributed by atoms with Crippen LogP contribution in [-0.2, 0) is 7.05 Å². The van der Waals surface area contributed by atoms with Crippen LogP contribution < -0.4 is 5.32 Å². The molecule has 2 aromatic heterocycles. The molecule has 0 aliphatic heterocycles. The normalized spacial score (nSPS) is 9.79. The number of rotatable bonds is 4. The van der Waals surface area contributed by atoms with Crippen molar-refractivity contribution in [3.63, 3.8) is 0 Å². The first-order valence-corrected chi connectivity index (χ1v) is 7.87. The molecule has 9 nitrogen and oxygen atoms in total. The average molecular weight is 369 g/mol. The number of fused-ring (bicyclic) bond motifs is 1. The number of benzene rings is 1. The van der Waals surface area contributed by atoms with E-state index in [0.717, 1.165) is 0 Å². The van der Waals surface area contributed by atoms with Gasteiger partial charge in [0.2, 0.25) is 0 Å². The van der Waals surface area contributed by atoms with Crippen LogP contribution in [0.4, 0.5) is 5.69 Å². The third-order valence-electron chi connectivity index (χ3n) is 3.96. The summed E-state index contributed by atoms with van der Waals surface area (Å²) in [6.07, 6.45) is 1.55. The zero-order valence-corrected chi connectivity index (χ0v) is 14.5. The molecule has 28 heavy (non-hydrogen) atoms. The Bertz CT molecular complexity index is 1250. The van der Waals surface area contributed by atoms with Crippen molar-refractivity contribution in [2.45, 2.75) is 0 Å². The van der Waals surface area contributed by atoms with Gasteiger partial charge in [-0.25, -0.2) is 14.5 Å². The number of aromatic carboxylic acids is 1. The van der Waals surface area contributed by atoms with Crippen LogP contribution in [0.25, 0.3) is 22.2 Å². The van der Waals surface area contributed by atoms with Gasteiger partial charge in [0.05, 0.1) is 5.39 Å². The number of hydrogen-bond donors (Lipinski definition) is 2. The zero-order valence-electron chi connectivity index (χ0n) is 14.5. The molecular weight excluding hydrogens is 358 g/mol. The van der Waals surface area contributed by atoms with Crippen LogP contribution in [0.1, 0.15) is 10.5 Å². The van der Waals surface area contributed by atoms with Gasteiger partial charge in [0, 0.05) is 18.9 Å². The number of aromatic nitrogens is 3. The first kappa shape index (κ1) is 18.1. The zero-order chi connectivity index (χ0) is 20.3. The Morgan fingerprint density at radius 1 is 1.18 bits per heavy atom. The number of anilines is 1. The number of carboxylic acids is 1. The summed E-state index contributed by atoms with van der Waals surface area (Å²) in [4.78, 5) is 15.8. The summed E-state index contributed by atoms with van der Waals surface area (Å²) in [5.41, 5.74) is 1.51. The number of carbonyl (C=O) groups is 1. The molecule has 134 valence electrons. The van der Waals surface area contributed by atoms with Crippen molar-refractivity contribution in [1.29, 1.82) is 15.8 Å². The summed E-state index contributed by atoms with van der Waals surface area (Å²) < 4.78 is 1.40. The maximum Gasteiger partial charge on any atom is 0.357 e. The molecule has 3 aromatic rings. The minimum absolute atomic E-state index is 0.118. The Kier molecular flexibility index (Phi) is 4.71. The molecular formula is C19H11N7O2. The molecule has 3 rings (SSSR count). The van der Waals surface area contributed by atoms with Gasteiger partial charge in [0.25, 0.3) is 0 Å². The Morgan fingerprint density at radius 2 is 1.93 bits per heavy atom. The van der Waals surface area contributed by atoms with Crippen LogP contribution in [0.15, 0.2) is 47.8 Å². The van der Waals surface area contributed by atoms with Gasteiger partial charge in [0.1, 0.15) is 23.9 Å². The molecule has 0 fully saturated rings. The van der Waals surface area contributed by atoms with Gasteiger partial charge < -0.3 is 10.4 Å². The lowest BCUT2D eigenvalue weighted by molar-refractivity contribution is 0.0691. The lowest BCUT2D eigenvalue weighted by Gasteiger charge is -2.09. The second kappa shape index (κ2) is 7.28. The maximum absolute atomic E-state index is 11.6. The summed E-state index contributed by atoms with van der Waals surface area (Å²) in [6, 6.07) is 13.6. The molecule has 0 atom stereocenters. The number of nitrogens with zero attached hydrogens (tertiary/aromatic N) is 6. The van der Waals surface area contributed by atoms with Crippen molar-refractivity contribution >= 4 is 22.7 Å². The van der Waals surface area contributed by atoms with E-state index in [9.17, 15) is 15.2 Å². The van der Waals surface area contributed by atoms with E-state index in [2.05, 4.69) is 15.4 Å². The van der Waals surface area contributed by atoms with Gasteiger partial charge in [-0.2, -0.15) is 20.9 Å². The molecule has 9 heteroatoms. The van der Waals surface area contributed by atoms with Gasteiger partial charge in [0.15, 0.2) is 16.9 Å². The quantitative estimate of drug-likeness (QED) is 0.666. The highest BCUT2D eigenvalue weighted by atomic mass is 16.4. The minimum Gasteiger partial charge on any atom is -0.476 e. The van der Waals surface area contributed by atoms with E-state index in [0.29, 0.717) is 27.8 Å². The largest absolute Gasteiger partial charge is 0.476 e. The second-order valence-corrected chi connectivity index (χ2v) is 5.63. The van der Waals surface area contributed by atoms with E-state index in [1.165, 1.54) is 4.68 Å². The lowest BCUT2D eigenvalue weighted by atomic mass is 10.0. The SMILES string of the molecule is Cn1nc(C(=O)O)c2c(-c3cccc(NC(C#N)=C(C#N)C#N)c3)ccnc21. The molecule has 0 aliphatic carbocycles. The summed E-state index contributed by atoms with van der Waals surface area (Å²) in [5, 5.41) is 43.7. The number of allylic oxidation sites excluding steroid dienone is 2. The molecule has 0 saturated heterocycles. The van der Waals surface area contributed by atoms with Crippen LogP contribution in [0.5, 0.6) is 0 Å². The third-order valence-corrected chi connectivity index (χ3v) is 3.96. The molecule has 2 heterocycles. The molecule has 2 N–H and O–H groups in total. The Hall–Kier alpha value is -4.68. The highest BCUT2D eigenvalue weighted by Gasteiger charge is 2.20. The summed E-state index contributed by atoms with van der Waals surface area (Å²) in [6.45, 7) is 0. The highest BCUT2D eigenvalue weighted by molar-refractivity contribution is 6.07. The molecule has 0 amide bonds. The number of carboxylic acid groups (broad SMARTS) is 1. The van der Waals surface area contributed by atoms with Crippen molar-refractivity contribution in [2.24, 2.45) is 7.05 Å². The number of nitrogens with one attached hydrogen (secondary N) is 1. The molecule has 0 bridgehead atoms. The molecule has 0 unspecified atom stereocenters. The number of hydrogen-bond acceptors (Lipinski definition) is 7. The number of aryl methyl sites for hydroxylation is 1. The summed E-state index contributed by atoms with van der Waals surface area (Å²) in [7, 11) is 1.61. The predicted molar refractivity (Wildman–Crippen MR) is 98.4 cm³/mol. The molecule has 1 aromatic carbocycles. The van der Waals surface area contributed by atoms with E-state index >= 15 is 0 Å². The highest BCUT2D eigenvalue weighted by Crippen LogP contribution is 2.31. The Balaban J connectivity index is 2.16. The van der Waals surface area contributed by atoms with Crippen LogP contribution in [0.2, 0.25) is 0 Å². The smallest absolute Gasteiger partial charge is 0.357 e. The van der Waals surface area contributed by atoms with Crippen molar-refractivity contribution in [3.05, 3.63) is 53.5 Å². The average Bonchev–Trinajstić information content (AvgIpc) is 3.05. The van der Waals surface area contributed by atoms with Gasteiger partial charge in [-0.3, -0.25) is 0 Å². The van der Waals surface area contributed by atoms with E-state index in [1.807, 2.05) is 0 Å². The van der Waals surface area contributed by atoms with Crippen molar-refractivity contribution in [1.82, 2.24) is 14.8 Å². The van der Waals surface area contributed by atoms with E-state index < -0.39 is 5.97 Å². The molecule has 0 aliphatic rings. The second-order valence-electron chi connectivity index (χ2n) is 5.63. The van der Waals surface area contributed by atoms with Crippen LogP contribution in [0.3, 0.4) is 0 Å². The predicted octanol–water partition coefficient (Wildman–Crippen LogP) is 2.57. The van der Waals surface area contributed by atoms with Crippen molar-refractivity contribution in [3.8, 4) is 29.3 Å². The van der Waals surface area contributed by atoms with Crippen molar-refractivity contribution in [2.75, 3.05) is 5.32 Å². The third kappa shape index (κ3) is 3.10. The maximum atomic E-state index is 11.6. The Morgan fingerprint density at radius 3 is 2.57 bits per heavy atom. The van der Waals surface area contributed by atoms with E-state index in [-0.39, 0.29) is 17.0 Å². The first-order chi connectivity index (χ1) is 13.5. The van der Waals surface area contributed by atoms with E-state index in [1.54, 1.807) is 61.8 Å². The monoisotopic (exact) mass is 369 g/mol. The summed E-state index contributed by atoms with van der Waals surface area (Å²) in [5.74, 6) is -1.17. The summed E-state index contributed by atoms with van der Waals surface area (Å²) >= 11 is 0. The first-order valence-electron chi connectivity index (χ1n) is 7.87. The van der Waals surface area contributed by atoms with Gasteiger partial charge in [-0.15, -0.1) is 0 Å². The minimum atomic E-state index is -1.17. The standard InChI is InChI=1S/C19H11N7O2/c1-26-18-16(17(25-26)19(27)28)14(5-6-23-18)11-3-2-4-13(7-11)24-15(10-22)12(8-20)9-21/h2-7,24H,1H3,(H,27,28). The topological polar surface area (TPSA) is 151 Å². The lowest BCUT2D eigenvalue weighted by Crippen LogP contribution is -2.01. The van der Waals surface area contributed by atoms with Crippen molar-refractivity contribution < 1.29 is 9.90 Å². The molecule has 0 saturated carbocycles. The van der Waals surface area contributed by atoms with Gasteiger partial charge in [-0.05, 0) is 29.3 Å². The Labute approximate surface area is 159 Å². The van der Waals surface area contributed by atoms with Crippen LogP contribution in [-0.4, -0.2) is 25.8 Å². The van der Waals surface area contributed by atoms with Gasteiger partial charge >= 0.3 is 5.97 Å². The number of pyridine rings is 1. The van der Waals surface area contributed by atoms with E-state index in [4.69, 9.17) is 10.5 Å². The molecule has 0 radical (unpaired) electrons. The fraction of sp³-hybridized carbons (Fsp3) is 0.0526. The van der Waals surface area contributed by atoms with Crippen LogP contribution >= 0.6 is 0 Å². The fourth-order valence-corrected chi connectivity index (χ4v) is 2.76. The van der Waals surface area contributed by atoms with Crippen LogP contribution in [0, 0.1) is 34.0 Å². The molecule has 0 spiro atoms. The van der Waals surface area contributed by atoms with Gasteiger partial charge in [-0.1, -0.05) is 12.1 Å². The fourth-order valence-electron chi connectivity index (χ4n) is 2.76. The number of nitriles is 3.